The van der Waals surface area contributed by atoms with Gasteiger partial charge in [-0.2, -0.15) is 5.10 Å². The van der Waals surface area contributed by atoms with Crippen molar-refractivity contribution in [2.24, 2.45) is 0 Å². The van der Waals surface area contributed by atoms with E-state index in [2.05, 4.69) is 20.1 Å². The Morgan fingerprint density at radius 2 is 1.94 bits per heavy atom. The lowest BCUT2D eigenvalue weighted by molar-refractivity contribution is 0.323. The van der Waals surface area contributed by atoms with Crippen LogP contribution in [0.25, 0.3) is 0 Å². The van der Waals surface area contributed by atoms with E-state index in [9.17, 15) is 0 Å². The second-order valence-corrected chi connectivity index (χ2v) is 5.29. The van der Waals surface area contributed by atoms with Crippen LogP contribution in [0.5, 0.6) is 0 Å². The van der Waals surface area contributed by atoms with Gasteiger partial charge in [-0.25, -0.2) is 0 Å². The minimum absolute atomic E-state index is 0.565. The van der Waals surface area contributed by atoms with Gasteiger partial charge in [0.15, 0.2) is 4.77 Å². The zero-order chi connectivity index (χ0) is 11.0. The Morgan fingerprint density at radius 3 is 2.56 bits per heavy atom. The highest BCUT2D eigenvalue weighted by atomic mass is 32.1. The van der Waals surface area contributed by atoms with E-state index < -0.39 is 0 Å². The zero-order valence-corrected chi connectivity index (χ0v) is 10.2. The topological polar surface area (TPSA) is 45.6 Å². The number of H-pyrrole nitrogens is 1. The minimum atomic E-state index is 0.565. The van der Waals surface area contributed by atoms with Crippen molar-refractivity contribution in [2.45, 2.75) is 44.1 Å². The van der Waals surface area contributed by atoms with E-state index in [1.165, 1.54) is 37.9 Å². The second-order valence-electron chi connectivity index (χ2n) is 4.90. The van der Waals surface area contributed by atoms with Crippen molar-refractivity contribution >= 4 is 12.2 Å². The lowest BCUT2D eigenvalue weighted by atomic mass is 9.94. The fraction of sp³-hybridized carbons (Fsp3) is 0.818. The predicted octanol–water partition coefficient (Wildman–Crippen LogP) is 2.13. The Bertz CT molecular complexity index is 412. The first-order valence-corrected chi connectivity index (χ1v) is 6.64. The Morgan fingerprint density at radius 1 is 1.19 bits per heavy atom. The maximum Gasteiger partial charge on any atom is 0.195 e. The molecule has 16 heavy (non-hydrogen) atoms. The van der Waals surface area contributed by atoms with Crippen LogP contribution in [0.15, 0.2) is 0 Å². The van der Waals surface area contributed by atoms with E-state index in [-0.39, 0.29) is 0 Å². The zero-order valence-electron chi connectivity index (χ0n) is 9.41. The molecule has 1 aliphatic carbocycles. The summed E-state index contributed by atoms with van der Waals surface area (Å²) < 4.78 is 3.11. The van der Waals surface area contributed by atoms with E-state index in [1.807, 2.05) is 0 Å². The number of hydrogen-bond donors (Lipinski definition) is 2. The summed E-state index contributed by atoms with van der Waals surface area (Å²) in [5.74, 6) is 1.74. The number of nitrogens with zero attached hydrogens (tertiary/aromatic N) is 2. The first-order valence-electron chi connectivity index (χ1n) is 6.24. The van der Waals surface area contributed by atoms with Crippen LogP contribution in [-0.2, 0) is 0 Å². The second kappa shape index (κ2) is 4.30. The molecule has 1 aliphatic heterocycles. The standard InChI is InChI=1S/C11H18N4S/c16-11-14-13-10(8-6-12-7-8)15(11)9-4-2-1-3-5-9/h8-9,12H,1-7H2,(H,14,16). The monoisotopic (exact) mass is 238 g/mol. The van der Waals surface area contributed by atoms with Gasteiger partial charge in [0.25, 0.3) is 0 Å². The van der Waals surface area contributed by atoms with Gasteiger partial charge in [0, 0.05) is 25.0 Å². The van der Waals surface area contributed by atoms with Crippen LogP contribution in [-0.4, -0.2) is 27.9 Å². The van der Waals surface area contributed by atoms with Crippen LogP contribution in [0.1, 0.15) is 49.9 Å². The SMILES string of the molecule is S=c1[nH]nc(C2CNC2)n1C1CCCCC1. The summed E-state index contributed by atoms with van der Waals surface area (Å²) in [5, 5.41) is 10.7. The van der Waals surface area contributed by atoms with Gasteiger partial charge in [-0.3, -0.25) is 5.10 Å². The molecule has 2 heterocycles. The lowest BCUT2D eigenvalue weighted by Crippen LogP contribution is -2.41. The van der Waals surface area contributed by atoms with E-state index in [0.29, 0.717) is 12.0 Å². The van der Waals surface area contributed by atoms with Crippen LogP contribution in [0, 0.1) is 4.77 Å². The Balaban J connectivity index is 1.91. The minimum Gasteiger partial charge on any atom is -0.315 e. The van der Waals surface area contributed by atoms with E-state index in [1.54, 1.807) is 0 Å². The van der Waals surface area contributed by atoms with Gasteiger partial charge in [-0.1, -0.05) is 19.3 Å². The molecule has 2 aliphatic rings. The Hall–Kier alpha value is -0.680. The molecular formula is C11H18N4S. The van der Waals surface area contributed by atoms with Crippen LogP contribution < -0.4 is 5.32 Å². The van der Waals surface area contributed by atoms with Gasteiger partial charge in [-0.15, -0.1) is 0 Å². The third-order valence-electron chi connectivity index (χ3n) is 3.82. The molecule has 3 rings (SSSR count). The highest BCUT2D eigenvalue weighted by Gasteiger charge is 2.28. The van der Waals surface area contributed by atoms with Crippen molar-refractivity contribution in [3.05, 3.63) is 10.6 Å². The number of aromatic nitrogens is 3. The van der Waals surface area contributed by atoms with Crippen LogP contribution in [0.3, 0.4) is 0 Å². The first-order chi connectivity index (χ1) is 7.86. The molecule has 0 radical (unpaired) electrons. The smallest absolute Gasteiger partial charge is 0.195 e. The molecule has 2 fully saturated rings. The van der Waals surface area contributed by atoms with Gasteiger partial charge >= 0.3 is 0 Å². The van der Waals surface area contributed by atoms with Crippen molar-refractivity contribution in [2.75, 3.05) is 13.1 Å². The van der Waals surface area contributed by atoms with Crippen LogP contribution in [0.4, 0.5) is 0 Å². The Kier molecular flexibility index (Phi) is 2.81. The largest absolute Gasteiger partial charge is 0.315 e. The van der Waals surface area contributed by atoms with Crippen molar-refractivity contribution in [3.8, 4) is 0 Å². The number of rotatable bonds is 2. The van der Waals surface area contributed by atoms with Crippen molar-refractivity contribution in [1.29, 1.82) is 0 Å². The fourth-order valence-electron chi connectivity index (χ4n) is 2.77. The molecule has 2 N–H and O–H groups in total. The average Bonchev–Trinajstić information content (AvgIpc) is 2.59. The van der Waals surface area contributed by atoms with E-state index >= 15 is 0 Å². The summed E-state index contributed by atoms with van der Waals surface area (Å²) >= 11 is 5.37. The lowest BCUT2D eigenvalue weighted by Gasteiger charge is -2.30. The third-order valence-corrected chi connectivity index (χ3v) is 4.11. The molecule has 0 unspecified atom stereocenters. The molecule has 1 saturated carbocycles. The molecule has 0 bridgehead atoms. The molecular weight excluding hydrogens is 220 g/mol. The van der Waals surface area contributed by atoms with Crippen molar-refractivity contribution in [1.82, 2.24) is 20.1 Å². The predicted molar refractivity (Wildman–Crippen MR) is 65.1 cm³/mol. The van der Waals surface area contributed by atoms with Gasteiger partial charge < -0.3 is 9.88 Å². The van der Waals surface area contributed by atoms with Gasteiger partial charge in [0.1, 0.15) is 5.82 Å². The molecule has 1 aromatic rings. The molecule has 1 saturated heterocycles. The van der Waals surface area contributed by atoms with Gasteiger partial charge in [0.05, 0.1) is 0 Å². The number of aromatic amines is 1. The maximum absolute atomic E-state index is 5.37. The summed E-state index contributed by atoms with van der Waals surface area (Å²) in [6.45, 7) is 2.10. The van der Waals surface area contributed by atoms with Crippen LogP contribution in [0.2, 0.25) is 0 Å². The molecule has 1 aromatic heterocycles. The van der Waals surface area contributed by atoms with Gasteiger partial charge in [0.2, 0.25) is 0 Å². The maximum atomic E-state index is 5.37. The van der Waals surface area contributed by atoms with Crippen LogP contribution >= 0.6 is 12.2 Å². The quantitative estimate of drug-likeness (QED) is 0.776. The molecule has 5 heteroatoms. The summed E-state index contributed by atoms with van der Waals surface area (Å²) in [5.41, 5.74) is 0. The first kappa shape index (κ1) is 10.5. The summed E-state index contributed by atoms with van der Waals surface area (Å²) in [6.07, 6.45) is 6.57. The molecule has 0 aromatic carbocycles. The summed E-state index contributed by atoms with van der Waals surface area (Å²) in [4.78, 5) is 0. The Labute approximate surface area is 100 Å². The molecule has 0 amide bonds. The summed E-state index contributed by atoms with van der Waals surface area (Å²) in [6, 6.07) is 0.593. The molecule has 0 spiro atoms. The normalized spacial score (nSPS) is 23.2. The molecule has 88 valence electrons. The fourth-order valence-corrected chi connectivity index (χ4v) is 3.06. The molecule has 4 nitrogen and oxygen atoms in total. The average molecular weight is 238 g/mol. The van der Waals surface area contributed by atoms with E-state index in [0.717, 1.165) is 17.9 Å². The summed E-state index contributed by atoms with van der Waals surface area (Å²) in [7, 11) is 0. The van der Waals surface area contributed by atoms with Crippen molar-refractivity contribution in [3.63, 3.8) is 0 Å². The van der Waals surface area contributed by atoms with E-state index in [4.69, 9.17) is 12.2 Å². The highest BCUT2D eigenvalue weighted by molar-refractivity contribution is 7.71. The highest BCUT2D eigenvalue weighted by Crippen LogP contribution is 2.31. The number of hydrogen-bond acceptors (Lipinski definition) is 3. The van der Waals surface area contributed by atoms with Gasteiger partial charge in [-0.05, 0) is 25.1 Å². The molecule has 0 atom stereocenters. The van der Waals surface area contributed by atoms with Crippen molar-refractivity contribution < 1.29 is 0 Å². The third kappa shape index (κ3) is 1.72. The number of nitrogens with one attached hydrogen (secondary N) is 2.